The Morgan fingerprint density at radius 1 is 0.688 bits per heavy atom. The predicted octanol–water partition coefficient (Wildman–Crippen LogP) is 14.9. The van der Waals surface area contributed by atoms with E-state index in [1.807, 2.05) is 36.4 Å². The van der Waals surface area contributed by atoms with Gasteiger partial charge >= 0.3 is 126 Å². The molecule has 4 aromatic heterocycles. The summed E-state index contributed by atoms with van der Waals surface area (Å²) in [6, 6.07) is 44.9. The van der Waals surface area contributed by atoms with E-state index in [1.54, 1.807) is 4.40 Å². The number of aryl methyl sites for hydroxylation is 3. The number of rotatable bonds is 9. The normalized spacial score (nSPS) is 11.8. The topological polar surface area (TPSA) is 56.7 Å². The molecule has 0 fully saturated rings. The quantitative estimate of drug-likeness (QED) is 0.107. The molecule has 329 valence electrons. The fourth-order valence-electron chi connectivity index (χ4n) is 8.92. The van der Waals surface area contributed by atoms with Crippen LogP contribution < -0.4 is 4.40 Å². The maximum absolute atomic E-state index is 6.54. The minimum atomic E-state index is -1.86. The molecule has 0 aliphatic heterocycles. The van der Waals surface area contributed by atoms with Crippen molar-refractivity contribution in [3.05, 3.63) is 161 Å². The molecule has 0 aliphatic rings. The number of aromatic nitrogens is 4. The molecule has 4 heterocycles. The molecule has 0 N–H and O–H groups in total. The Morgan fingerprint density at radius 3 is 2.00 bits per heavy atom. The van der Waals surface area contributed by atoms with E-state index >= 15 is 0 Å². The third-order valence-electron chi connectivity index (χ3n) is 12.2. The molecule has 5 nitrogen and oxygen atoms in total. The molecule has 5 aromatic carbocycles. The van der Waals surface area contributed by atoms with Crippen molar-refractivity contribution in [3.8, 4) is 39.5 Å². The number of furan rings is 1. The largest absolute Gasteiger partial charge is 0.501 e. The van der Waals surface area contributed by atoms with Gasteiger partial charge in [-0.2, -0.15) is 0 Å². The number of hydrogen-bond acceptors (Lipinski definition) is 4. The van der Waals surface area contributed by atoms with Gasteiger partial charge < -0.3 is 8.98 Å². The van der Waals surface area contributed by atoms with Gasteiger partial charge in [-0.05, 0) is 78.6 Å². The summed E-state index contributed by atoms with van der Waals surface area (Å²) < 4.78 is 10.5. The molecule has 0 unspecified atom stereocenters. The predicted molar refractivity (Wildman–Crippen MR) is 268 cm³/mol. The van der Waals surface area contributed by atoms with Crippen LogP contribution in [0.5, 0.6) is 0 Å². The van der Waals surface area contributed by atoms with E-state index < -0.39 is 13.3 Å². The van der Waals surface area contributed by atoms with Gasteiger partial charge in [0, 0.05) is 36.9 Å². The molecule has 7 heteroatoms. The van der Waals surface area contributed by atoms with Crippen molar-refractivity contribution in [2.24, 2.45) is 5.92 Å². The summed E-state index contributed by atoms with van der Waals surface area (Å²) in [4.78, 5) is 15.0. The van der Waals surface area contributed by atoms with Gasteiger partial charge in [0.05, 0.1) is 28.1 Å². The van der Waals surface area contributed by atoms with Crippen LogP contribution in [-0.4, -0.2) is 32.8 Å². The van der Waals surface area contributed by atoms with Crippen molar-refractivity contribution in [3.63, 3.8) is 0 Å². The number of hydrogen-bond donors (Lipinski definition) is 0. The molecule has 0 bridgehead atoms. The Balaban J connectivity index is 0.000000246. The van der Waals surface area contributed by atoms with Crippen molar-refractivity contribution < 1.29 is 24.5 Å². The third-order valence-corrected chi connectivity index (χ3v) is 16.5. The van der Waals surface area contributed by atoms with Gasteiger partial charge in [-0.1, -0.05) is 87.2 Å². The average Bonchev–Trinajstić information content (AvgIpc) is 3.85. The van der Waals surface area contributed by atoms with E-state index in [1.165, 1.54) is 33.5 Å². The summed E-state index contributed by atoms with van der Waals surface area (Å²) in [7, 11) is 0. The van der Waals surface area contributed by atoms with Crippen LogP contribution in [-0.2, 0) is 26.5 Å². The number of fused-ring (bicyclic) bond motifs is 4. The summed E-state index contributed by atoms with van der Waals surface area (Å²) in [6.07, 6.45) is 3.27. The van der Waals surface area contributed by atoms with Gasteiger partial charge in [-0.15, -0.1) is 18.2 Å². The van der Waals surface area contributed by atoms with Crippen LogP contribution in [0.15, 0.2) is 120 Å². The maximum Gasteiger partial charge on any atom is 0.120 e. The third kappa shape index (κ3) is 9.20. The van der Waals surface area contributed by atoms with E-state index in [9.17, 15) is 0 Å². The van der Waals surface area contributed by atoms with Gasteiger partial charge in [0.1, 0.15) is 5.58 Å². The number of nitrogens with zero attached hydrogens (tertiary/aromatic N) is 4. The molecule has 9 aromatic rings. The minimum Gasteiger partial charge on any atom is -0.501 e. The van der Waals surface area contributed by atoms with Crippen LogP contribution in [0.2, 0.25) is 17.3 Å². The van der Waals surface area contributed by atoms with Crippen LogP contribution in [0.25, 0.3) is 72.4 Å². The fraction of sp³-hybridized carbons (Fsp3) is 0.281. The zero-order chi connectivity index (χ0) is 44.7. The molecule has 0 saturated carbocycles. The van der Waals surface area contributed by atoms with Crippen LogP contribution in [0, 0.1) is 38.8 Å². The molecule has 0 saturated heterocycles. The van der Waals surface area contributed by atoms with E-state index in [0.29, 0.717) is 5.92 Å². The van der Waals surface area contributed by atoms with Gasteiger partial charge in [0.25, 0.3) is 0 Å². The van der Waals surface area contributed by atoms with E-state index in [4.69, 9.17) is 19.4 Å². The summed E-state index contributed by atoms with van der Waals surface area (Å²) >= 11 is -1.86. The van der Waals surface area contributed by atoms with Crippen LogP contribution in [0.1, 0.15) is 87.0 Å². The standard InChI is InChI=1S/C39H36N3O.C18H24GeN.Ir/c1-22(2)32-20-28(27-14-9-8-10-15-27)21-33(23(3)4)37(32)42-36-24(5)25(6)40-26(7)35(36)41-39(42)31-18-13-17-30-29-16-11-12-19-34(29)43-38(30)31;1-14(2)11-16-12-18(15-9-7-6-8-10-15)20-13-17(16)19(3,4)5;/h8-17,19-23H,1-7H3;6-9,12-14H,11H2,1-5H3;/q2*-1;. The molecular formula is C57H60GeIrN4O-2. The molecule has 64 heavy (non-hydrogen) atoms. The smallest absolute Gasteiger partial charge is 0.120 e. The zero-order valence-corrected chi connectivity index (χ0v) is 43.9. The number of para-hydroxylation sites is 1. The number of imidazole rings is 1. The molecule has 0 atom stereocenters. The first-order chi connectivity index (χ1) is 30.1. The summed E-state index contributed by atoms with van der Waals surface area (Å²) in [5.41, 5.74) is 17.5. The molecular weight excluding hydrogens is 1020 g/mol. The van der Waals surface area contributed by atoms with Gasteiger partial charge in [0.15, 0.2) is 0 Å². The summed E-state index contributed by atoms with van der Waals surface area (Å²) in [6.45, 7) is 20.0. The second kappa shape index (κ2) is 19.1. The van der Waals surface area contributed by atoms with Crippen molar-refractivity contribution in [2.75, 3.05) is 0 Å². The van der Waals surface area contributed by atoms with Crippen molar-refractivity contribution in [1.29, 1.82) is 0 Å². The first-order valence-electron chi connectivity index (χ1n) is 22.5. The van der Waals surface area contributed by atoms with Crippen molar-refractivity contribution in [2.45, 2.75) is 97.8 Å². The van der Waals surface area contributed by atoms with Gasteiger partial charge in [0.2, 0.25) is 0 Å². The van der Waals surface area contributed by atoms with Crippen LogP contribution >= 0.6 is 0 Å². The zero-order valence-electron chi connectivity index (χ0n) is 39.4. The van der Waals surface area contributed by atoms with Crippen molar-refractivity contribution >= 4 is 50.6 Å². The SMILES string of the molecule is CC(C)Cc1cc(-c2[c-]cccc2)nc[c]1[Ge]([CH3])([CH3])[CH3].Cc1nc(C)c2nc(-c3[c-]ccc4c3oc3ccccc34)n(-c3c(C(C)C)cc(-c4ccccc4)cc3C(C)C)c2c1C.[Ir]. The molecule has 9 rings (SSSR count). The minimum absolute atomic E-state index is 0. The number of benzene rings is 5. The summed E-state index contributed by atoms with van der Waals surface area (Å²) in [5, 5.41) is 2.16. The Kier molecular flexibility index (Phi) is 14.0. The van der Waals surface area contributed by atoms with E-state index in [-0.39, 0.29) is 31.9 Å². The van der Waals surface area contributed by atoms with Gasteiger partial charge in [-0.3, -0.25) is 9.97 Å². The number of pyridine rings is 2. The second-order valence-electron chi connectivity index (χ2n) is 19.1. The van der Waals surface area contributed by atoms with E-state index in [2.05, 4.69) is 175 Å². The van der Waals surface area contributed by atoms with Crippen LogP contribution in [0.4, 0.5) is 0 Å². The maximum atomic E-state index is 6.54. The average molecular weight is 1080 g/mol. The molecule has 0 spiro atoms. The first kappa shape index (κ1) is 46.8. The van der Waals surface area contributed by atoms with Gasteiger partial charge in [-0.25, -0.2) is 0 Å². The monoisotopic (exact) mass is 1080 g/mol. The second-order valence-corrected chi connectivity index (χ2v) is 29.7. The Bertz CT molecular complexity index is 3050. The Labute approximate surface area is 396 Å². The summed E-state index contributed by atoms with van der Waals surface area (Å²) in [5.74, 6) is 9.37. The Morgan fingerprint density at radius 2 is 1.36 bits per heavy atom. The van der Waals surface area contributed by atoms with Crippen molar-refractivity contribution in [1.82, 2.24) is 19.5 Å². The molecule has 0 aliphatic carbocycles. The van der Waals surface area contributed by atoms with Crippen LogP contribution in [0.3, 0.4) is 0 Å². The first-order valence-corrected chi connectivity index (χ1v) is 29.8. The fourth-order valence-corrected chi connectivity index (χ4v) is 12.3. The molecule has 0 amide bonds. The van der Waals surface area contributed by atoms with E-state index in [0.717, 1.165) is 79.0 Å². The molecule has 1 radical (unpaired) electrons. The Hall–Kier alpha value is -5.14.